The maximum absolute atomic E-state index is 12.2. The maximum Gasteiger partial charge on any atom is 0.346 e. The number of carboxylic acid groups (broad SMARTS) is 1. The second-order valence-corrected chi connectivity index (χ2v) is 4.45. The Kier molecular flexibility index (Phi) is 4.99. The molecule has 0 radical (unpaired) electrons. The Hall–Kier alpha value is -2.28. The van der Waals surface area contributed by atoms with Gasteiger partial charge in [0, 0.05) is 13.2 Å². The fourth-order valence-electron chi connectivity index (χ4n) is 2.03. The highest BCUT2D eigenvalue weighted by Crippen LogP contribution is 2.33. The second kappa shape index (κ2) is 6.94. The molecule has 1 aromatic carbocycles. The van der Waals surface area contributed by atoms with Crippen LogP contribution in [0.25, 0.3) is 0 Å². The van der Waals surface area contributed by atoms with Crippen LogP contribution in [0.5, 0.6) is 5.75 Å². The van der Waals surface area contributed by atoms with Crippen molar-refractivity contribution in [2.75, 3.05) is 31.2 Å². The minimum Gasteiger partial charge on any atom is -0.478 e. The molecule has 2 amide bonds. The number of rotatable bonds is 5. The van der Waals surface area contributed by atoms with Gasteiger partial charge in [-0.2, -0.15) is 0 Å². The molecule has 114 valence electrons. The Morgan fingerprint density at radius 3 is 2.95 bits per heavy atom. The molecule has 0 aromatic heterocycles. The Morgan fingerprint density at radius 2 is 2.24 bits per heavy atom. The van der Waals surface area contributed by atoms with Gasteiger partial charge in [0.25, 0.3) is 0 Å². The molecule has 21 heavy (non-hydrogen) atoms. The third-order valence-electron chi connectivity index (χ3n) is 3.02. The highest BCUT2D eigenvalue weighted by Gasteiger charge is 2.33. The number of fused-ring (bicyclic) bond motifs is 1. The minimum atomic E-state index is -1.10. The van der Waals surface area contributed by atoms with Gasteiger partial charge in [0.05, 0.1) is 18.8 Å². The van der Waals surface area contributed by atoms with E-state index < -0.39 is 12.1 Å². The Bertz CT molecular complexity index is 520. The number of carbonyl (C=O) groups excluding carboxylic acids is 1. The Morgan fingerprint density at radius 1 is 1.48 bits per heavy atom. The van der Waals surface area contributed by atoms with Gasteiger partial charge in [-0.25, -0.2) is 9.59 Å². The standard InChI is InChI=1S/C14H18N2O5/c1-2-20-8-7-15-14(19)16-9-12(13(17)18)21-11-6-4-3-5-10(11)16/h3-6,12H,2,7-9H2,1H3,(H,15,19)(H,17,18). The van der Waals surface area contributed by atoms with Crippen LogP contribution in [0.4, 0.5) is 10.5 Å². The van der Waals surface area contributed by atoms with E-state index in [2.05, 4.69) is 5.32 Å². The highest BCUT2D eigenvalue weighted by atomic mass is 16.5. The molecule has 0 bridgehead atoms. The summed E-state index contributed by atoms with van der Waals surface area (Å²) in [6, 6.07) is 6.50. The lowest BCUT2D eigenvalue weighted by molar-refractivity contribution is -0.144. The second-order valence-electron chi connectivity index (χ2n) is 4.45. The van der Waals surface area contributed by atoms with Crippen LogP contribution in [0.15, 0.2) is 24.3 Å². The average Bonchev–Trinajstić information content (AvgIpc) is 2.50. The number of carbonyl (C=O) groups is 2. The predicted molar refractivity (Wildman–Crippen MR) is 75.7 cm³/mol. The van der Waals surface area contributed by atoms with Crippen molar-refractivity contribution < 1.29 is 24.2 Å². The van der Waals surface area contributed by atoms with Crippen LogP contribution in [0.3, 0.4) is 0 Å². The number of nitrogens with one attached hydrogen (secondary N) is 1. The molecule has 0 fully saturated rings. The third-order valence-corrected chi connectivity index (χ3v) is 3.02. The van der Waals surface area contributed by atoms with Crippen molar-refractivity contribution in [3.63, 3.8) is 0 Å². The molecule has 0 saturated carbocycles. The van der Waals surface area contributed by atoms with E-state index in [9.17, 15) is 9.59 Å². The molecule has 7 heteroatoms. The summed E-state index contributed by atoms with van der Waals surface area (Å²) in [5.74, 6) is -0.715. The molecule has 1 aliphatic rings. The van der Waals surface area contributed by atoms with Crippen LogP contribution < -0.4 is 15.0 Å². The van der Waals surface area contributed by atoms with Gasteiger partial charge in [0.1, 0.15) is 5.75 Å². The first-order valence-electron chi connectivity index (χ1n) is 6.75. The van der Waals surface area contributed by atoms with Crippen LogP contribution in [0.2, 0.25) is 0 Å². The van der Waals surface area contributed by atoms with Gasteiger partial charge in [-0.3, -0.25) is 4.90 Å². The SMILES string of the molecule is CCOCCNC(=O)N1CC(C(=O)O)Oc2ccccc21. The zero-order valence-electron chi connectivity index (χ0n) is 11.7. The molecule has 2 N–H and O–H groups in total. The van der Waals surface area contributed by atoms with Gasteiger partial charge in [0.15, 0.2) is 0 Å². The number of para-hydroxylation sites is 2. The van der Waals surface area contributed by atoms with Crippen molar-refractivity contribution in [2.45, 2.75) is 13.0 Å². The maximum atomic E-state index is 12.2. The summed E-state index contributed by atoms with van der Waals surface area (Å²) in [5.41, 5.74) is 0.559. The molecule has 0 aliphatic carbocycles. The number of ether oxygens (including phenoxy) is 2. The molecule has 2 rings (SSSR count). The molecule has 0 saturated heterocycles. The molecule has 0 spiro atoms. The van der Waals surface area contributed by atoms with E-state index in [4.69, 9.17) is 14.6 Å². The highest BCUT2D eigenvalue weighted by molar-refractivity contribution is 5.95. The number of anilines is 1. The van der Waals surface area contributed by atoms with E-state index in [-0.39, 0.29) is 12.6 Å². The van der Waals surface area contributed by atoms with Gasteiger partial charge < -0.3 is 19.9 Å². The topological polar surface area (TPSA) is 88.1 Å². The molecule has 1 atom stereocenters. The number of hydrogen-bond acceptors (Lipinski definition) is 4. The average molecular weight is 294 g/mol. The van der Waals surface area contributed by atoms with Crippen molar-refractivity contribution in [1.29, 1.82) is 0 Å². The molecular formula is C14H18N2O5. The van der Waals surface area contributed by atoms with Gasteiger partial charge in [-0.1, -0.05) is 12.1 Å². The summed E-state index contributed by atoms with van der Waals surface area (Å²) in [6.07, 6.45) is -1.07. The largest absolute Gasteiger partial charge is 0.478 e. The lowest BCUT2D eigenvalue weighted by Gasteiger charge is -2.33. The fourth-order valence-corrected chi connectivity index (χ4v) is 2.03. The number of nitrogens with zero attached hydrogens (tertiary/aromatic N) is 1. The van der Waals surface area contributed by atoms with E-state index in [0.29, 0.717) is 31.2 Å². The van der Waals surface area contributed by atoms with Crippen LogP contribution in [0.1, 0.15) is 6.92 Å². The van der Waals surface area contributed by atoms with Gasteiger partial charge in [-0.15, -0.1) is 0 Å². The summed E-state index contributed by atoms with van der Waals surface area (Å²) >= 11 is 0. The molecule has 7 nitrogen and oxygen atoms in total. The molecule has 1 heterocycles. The number of urea groups is 1. The first-order valence-corrected chi connectivity index (χ1v) is 6.75. The molecule has 1 unspecified atom stereocenters. The van der Waals surface area contributed by atoms with Crippen LogP contribution in [-0.2, 0) is 9.53 Å². The zero-order chi connectivity index (χ0) is 15.2. The Balaban J connectivity index is 2.09. The summed E-state index contributed by atoms with van der Waals surface area (Å²) in [5, 5.41) is 11.8. The summed E-state index contributed by atoms with van der Waals surface area (Å²) in [6.45, 7) is 3.20. The van der Waals surface area contributed by atoms with Crippen molar-refractivity contribution in [1.82, 2.24) is 5.32 Å². The number of carboxylic acids is 1. The monoisotopic (exact) mass is 294 g/mol. The van der Waals surface area contributed by atoms with Crippen molar-refractivity contribution in [3.8, 4) is 5.75 Å². The number of benzene rings is 1. The van der Waals surface area contributed by atoms with Crippen LogP contribution in [-0.4, -0.2) is 49.5 Å². The first-order chi connectivity index (χ1) is 10.1. The fraction of sp³-hybridized carbons (Fsp3) is 0.429. The first kappa shape index (κ1) is 15.1. The van der Waals surface area contributed by atoms with Gasteiger partial charge >= 0.3 is 12.0 Å². The summed E-state index contributed by atoms with van der Waals surface area (Å²) in [7, 11) is 0. The van der Waals surface area contributed by atoms with E-state index in [1.165, 1.54) is 4.90 Å². The number of amides is 2. The summed E-state index contributed by atoms with van der Waals surface area (Å²) in [4.78, 5) is 24.7. The molecule has 1 aliphatic heterocycles. The lowest BCUT2D eigenvalue weighted by Crippen LogP contribution is -2.51. The predicted octanol–water partition coefficient (Wildman–Crippen LogP) is 1.08. The molecule has 1 aromatic rings. The Labute approximate surface area is 122 Å². The quantitative estimate of drug-likeness (QED) is 0.794. The van der Waals surface area contributed by atoms with Crippen molar-refractivity contribution in [2.24, 2.45) is 0 Å². The van der Waals surface area contributed by atoms with E-state index >= 15 is 0 Å². The summed E-state index contributed by atoms with van der Waals surface area (Å²) < 4.78 is 10.5. The van der Waals surface area contributed by atoms with Crippen LogP contribution in [0, 0.1) is 0 Å². The van der Waals surface area contributed by atoms with Gasteiger partial charge in [-0.05, 0) is 19.1 Å². The van der Waals surface area contributed by atoms with Crippen LogP contribution >= 0.6 is 0 Å². The smallest absolute Gasteiger partial charge is 0.346 e. The normalized spacial score (nSPS) is 16.8. The van der Waals surface area contributed by atoms with E-state index in [0.717, 1.165) is 0 Å². The van der Waals surface area contributed by atoms with E-state index in [1.807, 2.05) is 6.92 Å². The molecular weight excluding hydrogens is 276 g/mol. The van der Waals surface area contributed by atoms with Gasteiger partial charge in [0.2, 0.25) is 6.10 Å². The van der Waals surface area contributed by atoms with Crippen molar-refractivity contribution in [3.05, 3.63) is 24.3 Å². The zero-order valence-corrected chi connectivity index (χ0v) is 11.7. The van der Waals surface area contributed by atoms with E-state index in [1.54, 1.807) is 24.3 Å². The number of hydrogen-bond donors (Lipinski definition) is 2. The third kappa shape index (κ3) is 3.63. The van der Waals surface area contributed by atoms with Crippen molar-refractivity contribution >= 4 is 17.7 Å². The lowest BCUT2D eigenvalue weighted by atomic mass is 10.2. The number of aliphatic carboxylic acids is 1. The minimum absolute atomic E-state index is 0.0349.